The number of carboxylic acid groups (broad SMARTS) is 1. The Hall–Kier alpha value is -4.70. The summed E-state index contributed by atoms with van der Waals surface area (Å²) >= 11 is 0. The Morgan fingerprint density at radius 2 is 0.944 bits per heavy atom. The molecule has 0 aliphatic carbocycles. The second-order valence-corrected chi connectivity index (χ2v) is 20.1. The van der Waals surface area contributed by atoms with E-state index in [1.165, 1.54) is 23.9 Å². The van der Waals surface area contributed by atoms with Crippen LogP contribution in [0.5, 0.6) is 0 Å². The monoisotopic (exact) mass is 1100 g/mol. The third-order valence-corrected chi connectivity index (χ3v) is 11.4. The molecule has 0 heterocycles. The average molecular weight is 1100 g/mol. The van der Waals surface area contributed by atoms with Crippen molar-refractivity contribution in [1.29, 1.82) is 0 Å². The predicted octanol–water partition coefficient (Wildman–Crippen LogP) is 5.72. The van der Waals surface area contributed by atoms with Crippen molar-refractivity contribution >= 4 is 58.7 Å². The van der Waals surface area contributed by atoms with Crippen LogP contribution in [0.3, 0.4) is 0 Å². The van der Waals surface area contributed by atoms with Crippen LogP contribution in [0.1, 0.15) is 140 Å². The molecule has 0 spiro atoms. The summed E-state index contributed by atoms with van der Waals surface area (Å²) in [6.45, 7) is 21.2. The molecule has 1 aromatic carbocycles. The minimum Gasteiger partial charge on any atom is -0.481 e. The zero-order valence-corrected chi connectivity index (χ0v) is 46.5. The first kappa shape index (κ1) is 70.6. The zero-order chi connectivity index (χ0) is 53.6. The summed E-state index contributed by atoms with van der Waals surface area (Å²) < 4.78 is 17.1. The van der Waals surface area contributed by atoms with Gasteiger partial charge in [0, 0.05) is 84.9 Å². The molecule has 0 radical (unpaired) electrons. The summed E-state index contributed by atoms with van der Waals surface area (Å²) in [6, 6.07) is 9.17. The van der Waals surface area contributed by atoms with Crippen LogP contribution in [0.2, 0.25) is 0 Å². The van der Waals surface area contributed by atoms with Gasteiger partial charge in [0.15, 0.2) is 11.6 Å². The van der Waals surface area contributed by atoms with Crippen molar-refractivity contribution in [3.8, 4) is 0 Å². The van der Waals surface area contributed by atoms with Crippen LogP contribution in [0, 0.1) is 42.9 Å². The summed E-state index contributed by atoms with van der Waals surface area (Å²) in [4.78, 5) is 126. The zero-order valence-electron chi connectivity index (χ0n) is 44.9. The van der Waals surface area contributed by atoms with Crippen molar-refractivity contribution in [1.82, 2.24) is 9.80 Å². The van der Waals surface area contributed by atoms with Crippen LogP contribution in [0.4, 0.5) is 0 Å². The molecule has 18 nitrogen and oxygen atoms in total. The van der Waals surface area contributed by atoms with Gasteiger partial charge in [-0.15, -0.1) is 0 Å². The van der Waals surface area contributed by atoms with E-state index in [9.17, 15) is 53.1 Å². The summed E-state index contributed by atoms with van der Waals surface area (Å²) in [7, 11) is 2.89. The first-order valence-electron chi connectivity index (χ1n) is 23.7. The minimum atomic E-state index is -1.18. The molecule has 0 saturated heterocycles. The number of hydrogen-bond donors (Lipinski definition) is 3. The van der Waals surface area contributed by atoms with E-state index in [-0.39, 0.29) is 109 Å². The maximum absolute atomic E-state index is 13.1. The van der Waals surface area contributed by atoms with Gasteiger partial charge in [0.2, 0.25) is 23.6 Å². The van der Waals surface area contributed by atoms with Crippen molar-refractivity contribution in [2.24, 2.45) is 47.0 Å². The molecule has 0 aliphatic rings. The van der Waals surface area contributed by atoms with E-state index in [2.05, 4.69) is 0 Å². The summed E-state index contributed by atoms with van der Waals surface area (Å²) in [5.41, 5.74) is 10.2. The van der Waals surface area contributed by atoms with E-state index < -0.39 is 94.2 Å². The van der Waals surface area contributed by atoms with Gasteiger partial charge >= 0.3 is 11.9 Å². The van der Waals surface area contributed by atoms with E-state index in [0.717, 1.165) is 5.56 Å². The molecule has 19 heteroatoms. The fourth-order valence-electron chi connectivity index (χ4n) is 7.21. The molecule has 2 unspecified atom stereocenters. The van der Waals surface area contributed by atoms with E-state index in [4.69, 9.17) is 25.7 Å². The van der Waals surface area contributed by atoms with Gasteiger partial charge in [-0.05, 0) is 73.8 Å². The number of ketones is 4. The van der Waals surface area contributed by atoms with Crippen molar-refractivity contribution in [2.45, 2.75) is 164 Å². The van der Waals surface area contributed by atoms with E-state index in [0.29, 0.717) is 12.8 Å². The van der Waals surface area contributed by atoms with Crippen LogP contribution in [0.25, 0.3) is 0 Å². The van der Waals surface area contributed by atoms with Crippen molar-refractivity contribution in [3.05, 3.63) is 43.3 Å². The maximum Gasteiger partial charge on any atom is 0.312 e. The molecular weight excluding hydrogens is 1010 g/mol. The summed E-state index contributed by atoms with van der Waals surface area (Å²) in [5.74, 6) is -9.98. The van der Waals surface area contributed by atoms with Crippen LogP contribution in [-0.2, 0) is 89.2 Å². The van der Waals surface area contributed by atoms with Gasteiger partial charge in [-0.25, -0.2) is 0 Å². The predicted molar refractivity (Wildman–Crippen MR) is 265 cm³/mol. The molecule has 8 atom stereocenters. The minimum absolute atomic E-state index is 0. The van der Waals surface area contributed by atoms with Gasteiger partial charge in [-0.1, -0.05) is 58.0 Å². The molecule has 0 aliphatic heterocycles. The molecule has 1 aromatic rings. The quantitative estimate of drug-likeness (QED) is 0.0473. The van der Waals surface area contributed by atoms with Gasteiger partial charge in [-0.2, -0.15) is 0 Å². The number of esters is 1. The molecule has 0 saturated carbocycles. The number of benzene rings is 1. The Bertz CT molecular complexity index is 1900. The number of Topliss-reactive ketones (excluding diaryl/α,β-unsaturated/α-hetero) is 4. The van der Waals surface area contributed by atoms with Crippen LogP contribution >= 0.6 is 0 Å². The van der Waals surface area contributed by atoms with Crippen LogP contribution in [-0.4, -0.2) is 124 Å². The van der Waals surface area contributed by atoms with Gasteiger partial charge < -0.3 is 48.0 Å². The number of rotatable bonds is 30. The average Bonchev–Trinajstić information content (AvgIpc) is 3.23. The number of carbonyl (C=O) groups is 10. The van der Waals surface area contributed by atoms with E-state index >= 15 is 0 Å². The third kappa shape index (κ3) is 29.4. The SMILES string of the molecule is CC[C@H](C)C(=O)CN(C)C(=O)[C@H](CC(N)=O)CC(=O)C[C@H](C(=O)O)C(C)OC(C)(C)C.CC[C@H](C)C(=O)CN(C)C(=O)[C@H](CC(N)=O)CC(=O)C[C@H](C(=O)OCc1ccccc1)C(C)OC(C)(C)C.[CH3-].[Pd]. The number of carboxylic acids is 1. The molecule has 4 amide bonds. The number of carbonyl (C=O) groups excluding carboxylic acids is 9. The Morgan fingerprint density at radius 1 is 0.592 bits per heavy atom. The fourth-order valence-corrected chi connectivity index (χ4v) is 7.21. The van der Waals surface area contributed by atoms with Crippen LogP contribution < -0.4 is 11.5 Å². The number of aliphatic carboxylic acids is 1. The first-order chi connectivity index (χ1) is 31.7. The summed E-state index contributed by atoms with van der Waals surface area (Å²) in [5, 5.41) is 9.52. The molecular formula is C52H85N4O14Pd-. The molecule has 71 heavy (non-hydrogen) atoms. The van der Waals surface area contributed by atoms with Crippen molar-refractivity contribution < 1.29 is 87.7 Å². The largest absolute Gasteiger partial charge is 0.481 e. The van der Waals surface area contributed by atoms with Gasteiger partial charge in [0.25, 0.3) is 0 Å². The maximum atomic E-state index is 13.1. The number of primary amides is 2. The molecule has 408 valence electrons. The molecule has 0 fully saturated rings. The molecule has 1 rings (SSSR count). The Labute approximate surface area is 436 Å². The number of amides is 4. The first-order valence-corrected chi connectivity index (χ1v) is 23.7. The number of nitrogens with two attached hydrogens (primary N) is 2. The van der Waals surface area contributed by atoms with Gasteiger partial charge in [0.05, 0.1) is 60.2 Å². The number of ether oxygens (including phenoxy) is 3. The number of likely N-dealkylation sites (N-methyl/N-ethyl adjacent to an activating group) is 2. The normalized spacial score (nSPS) is 14.6. The standard InChI is InChI=1S/C29H44N2O7.C22H38N2O7.CH3.Pd/c1-8-19(2)25(33)17-31(7)27(35)22(15-26(30)34)14-23(32)16-24(20(3)38-29(4,5)6)28(36)37-18-21-12-10-9-11-13-21;1-8-13(2)18(26)12-24(7)20(28)15(10-19(23)27)9-16(25)11-17(21(29)30)14(3)31-22(4,5)6;;/h9-13,19-20,22,24H,8,14-18H2,1-7H3,(H2,30,34);13-15,17H,8-12H2,1-7H3,(H2,23,27)(H,29,30);1H3;/q;;-1;/t19-,20?,22-,24-;13-,14?,15-,17-;;/m00../s1. The Morgan fingerprint density at radius 3 is 1.27 bits per heavy atom. The number of hydrogen-bond acceptors (Lipinski definition) is 13. The molecule has 0 bridgehead atoms. The molecule has 5 N–H and O–H groups in total. The second kappa shape index (κ2) is 33.9. The second-order valence-electron chi connectivity index (χ2n) is 20.1. The Balaban J connectivity index is -0.00000129. The van der Waals surface area contributed by atoms with Gasteiger partial charge in [0.1, 0.15) is 18.2 Å². The summed E-state index contributed by atoms with van der Waals surface area (Å²) in [6.07, 6.45) is -2.03. The molecule has 0 aromatic heterocycles. The van der Waals surface area contributed by atoms with E-state index in [1.54, 1.807) is 48.5 Å². The Kier molecular flexibility index (Phi) is 33.6. The van der Waals surface area contributed by atoms with E-state index in [1.807, 2.05) is 65.0 Å². The fraction of sp³-hybridized carbons (Fsp3) is 0.673. The van der Waals surface area contributed by atoms with Crippen LogP contribution in [0.15, 0.2) is 30.3 Å². The third-order valence-electron chi connectivity index (χ3n) is 11.4. The van der Waals surface area contributed by atoms with Crippen molar-refractivity contribution in [2.75, 3.05) is 27.2 Å². The smallest absolute Gasteiger partial charge is 0.312 e. The topological polar surface area (TPSA) is 277 Å². The van der Waals surface area contributed by atoms with Crippen molar-refractivity contribution in [3.63, 3.8) is 0 Å². The van der Waals surface area contributed by atoms with Gasteiger partial charge in [-0.3, -0.25) is 47.9 Å². The number of nitrogens with zero attached hydrogens (tertiary/aromatic N) is 2.